The van der Waals surface area contributed by atoms with Crippen molar-refractivity contribution in [2.45, 2.75) is 38.5 Å². The van der Waals surface area contributed by atoms with E-state index in [1.165, 1.54) is 51.6 Å². The Bertz CT molecular complexity index is 257. The first-order valence-corrected chi connectivity index (χ1v) is 6.60. The molecule has 2 saturated carbocycles. The van der Waals surface area contributed by atoms with Gasteiger partial charge in [-0.15, -0.1) is 0 Å². The smallest absolute Gasteiger partial charge is 0.140 e. The third-order valence-corrected chi connectivity index (χ3v) is 4.71. The van der Waals surface area contributed by atoms with Crippen molar-refractivity contribution in [3.05, 3.63) is 0 Å². The van der Waals surface area contributed by atoms with Gasteiger partial charge in [0.2, 0.25) is 0 Å². The topological polar surface area (TPSA) is 20.3 Å². The van der Waals surface area contributed by atoms with Crippen LogP contribution in [0.1, 0.15) is 38.5 Å². The Morgan fingerprint density at radius 3 is 2.60 bits per heavy atom. The second-order valence-corrected chi connectivity index (χ2v) is 5.64. The fourth-order valence-corrected chi connectivity index (χ4v) is 3.83. The first-order chi connectivity index (χ1) is 7.34. The molecule has 0 unspecified atom stereocenters. The summed E-state index contributed by atoms with van der Waals surface area (Å²) in [5.41, 5.74) is 0. The SMILES string of the molecule is O=C1[C@H]2CC[C@H](C2)[C@@H]1CN1CCCCC1. The number of ketones is 1. The molecule has 0 amide bonds. The summed E-state index contributed by atoms with van der Waals surface area (Å²) in [6.45, 7) is 3.56. The molecule has 2 nitrogen and oxygen atoms in total. The van der Waals surface area contributed by atoms with Crippen LogP contribution in [0.3, 0.4) is 0 Å². The van der Waals surface area contributed by atoms with Crippen molar-refractivity contribution in [1.29, 1.82) is 0 Å². The van der Waals surface area contributed by atoms with Crippen molar-refractivity contribution in [1.82, 2.24) is 4.90 Å². The molecule has 1 saturated heterocycles. The number of hydrogen-bond donors (Lipinski definition) is 0. The molecule has 15 heavy (non-hydrogen) atoms. The molecule has 3 fully saturated rings. The van der Waals surface area contributed by atoms with Gasteiger partial charge in [-0.05, 0) is 51.1 Å². The van der Waals surface area contributed by atoms with E-state index in [9.17, 15) is 4.79 Å². The normalized spacial score (nSPS) is 41.3. The zero-order chi connectivity index (χ0) is 10.3. The largest absolute Gasteiger partial charge is 0.303 e. The monoisotopic (exact) mass is 207 g/mol. The molecule has 2 bridgehead atoms. The van der Waals surface area contributed by atoms with Crippen molar-refractivity contribution < 1.29 is 4.79 Å². The second-order valence-electron chi connectivity index (χ2n) is 5.64. The van der Waals surface area contributed by atoms with Gasteiger partial charge >= 0.3 is 0 Å². The Morgan fingerprint density at radius 1 is 1.13 bits per heavy atom. The van der Waals surface area contributed by atoms with E-state index in [-0.39, 0.29) is 0 Å². The standard InChI is InChI=1S/C13H21NO/c15-13-11-5-4-10(8-11)12(13)9-14-6-2-1-3-7-14/h10-12H,1-9H2/t10-,11+,12+/m1/s1. The molecule has 1 aliphatic heterocycles. The highest BCUT2D eigenvalue weighted by atomic mass is 16.1. The Labute approximate surface area is 92.0 Å². The molecule has 0 N–H and O–H groups in total. The van der Waals surface area contributed by atoms with E-state index in [1.807, 2.05) is 0 Å². The van der Waals surface area contributed by atoms with Gasteiger partial charge < -0.3 is 4.90 Å². The second kappa shape index (κ2) is 3.89. The summed E-state index contributed by atoms with van der Waals surface area (Å²) in [4.78, 5) is 14.5. The van der Waals surface area contributed by atoms with Crippen LogP contribution in [0.5, 0.6) is 0 Å². The number of Topliss-reactive ketones (excluding diaryl/α,β-unsaturated/α-hetero) is 1. The molecule has 84 valence electrons. The predicted octanol–water partition coefficient (Wildman–Crippen LogP) is 2.09. The van der Waals surface area contributed by atoms with Gasteiger partial charge in [0.25, 0.3) is 0 Å². The lowest BCUT2D eigenvalue weighted by atomic mass is 9.87. The van der Waals surface area contributed by atoms with Crippen LogP contribution in [0.25, 0.3) is 0 Å². The Morgan fingerprint density at radius 2 is 1.93 bits per heavy atom. The van der Waals surface area contributed by atoms with E-state index in [0.29, 0.717) is 17.6 Å². The molecular weight excluding hydrogens is 186 g/mol. The van der Waals surface area contributed by atoms with Gasteiger partial charge in [-0.2, -0.15) is 0 Å². The maximum absolute atomic E-state index is 12.0. The van der Waals surface area contributed by atoms with E-state index in [4.69, 9.17) is 0 Å². The van der Waals surface area contributed by atoms with Gasteiger partial charge in [0.05, 0.1) is 0 Å². The summed E-state index contributed by atoms with van der Waals surface area (Å²) in [6, 6.07) is 0. The van der Waals surface area contributed by atoms with E-state index >= 15 is 0 Å². The molecule has 0 aromatic carbocycles. The number of piperidine rings is 1. The maximum atomic E-state index is 12.0. The molecule has 2 aliphatic carbocycles. The van der Waals surface area contributed by atoms with E-state index < -0.39 is 0 Å². The van der Waals surface area contributed by atoms with E-state index in [1.54, 1.807) is 0 Å². The molecule has 0 radical (unpaired) electrons. The first kappa shape index (κ1) is 9.83. The Kier molecular flexibility index (Phi) is 2.55. The average Bonchev–Trinajstić information content (AvgIpc) is 2.84. The van der Waals surface area contributed by atoms with Crippen LogP contribution in [-0.2, 0) is 4.79 Å². The number of likely N-dealkylation sites (tertiary alicyclic amines) is 1. The molecule has 2 heteroatoms. The lowest BCUT2D eigenvalue weighted by Crippen LogP contribution is -2.38. The molecular formula is C13H21NO. The minimum Gasteiger partial charge on any atom is -0.303 e. The zero-order valence-corrected chi connectivity index (χ0v) is 9.45. The number of carbonyl (C=O) groups excluding carboxylic acids is 1. The van der Waals surface area contributed by atoms with Crippen LogP contribution < -0.4 is 0 Å². The highest BCUT2D eigenvalue weighted by Gasteiger charge is 2.46. The van der Waals surface area contributed by atoms with Gasteiger partial charge in [-0.3, -0.25) is 4.79 Å². The summed E-state index contributed by atoms with van der Waals surface area (Å²) in [5, 5.41) is 0. The van der Waals surface area contributed by atoms with Crippen LogP contribution in [0.4, 0.5) is 0 Å². The molecule has 1 heterocycles. The highest BCUT2D eigenvalue weighted by molar-refractivity contribution is 5.87. The molecule has 0 spiro atoms. The van der Waals surface area contributed by atoms with Gasteiger partial charge in [0.1, 0.15) is 5.78 Å². The number of hydrogen-bond acceptors (Lipinski definition) is 2. The highest BCUT2D eigenvalue weighted by Crippen LogP contribution is 2.46. The van der Waals surface area contributed by atoms with Crippen LogP contribution >= 0.6 is 0 Å². The van der Waals surface area contributed by atoms with Gasteiger partial charge in [0.15, 0.2) is 0 Å². The van der Waals surface area contributed by atoms with Crippen molar-refractivity contribution in [3.8, 4) is 0 Å². The summed E-state index contributed by atoms with van der Waals surface area (Å²) in [5.74, 6) is 2.24. The van der Waals surface area contributed by atoms with Crippen molar-refractivity contribution >= 4 is 5.78 Å². The zero-order valence-electron chi connectivity index (χ0n) is 9.45. The third kappa shape index (κ3) is 1.73. The molecule has 3 aliphatic rings. The lowest BCUT2D eigenvalue weighted by Gasteiger charge is -2.31. The fraction of sp³-hybridized carbons (Fsp3) is 0.923. The Balaban J connectivity index is 1.60. The summed E-state index contributed by atoms with van der Waals surface area (Å²) in [6.07, 6.45) is 7.82. The quantitative estimate of drug-likeness (QED) is 0.691. The summed E-state index contributed by atoms with van der Waals surface area (Å²) >= 11 is 0. The molecule has 3 atom stereocenters. The number of carbonyl (C=O) groups is 1. The predicted molar refractivity (Wildman–Crippen MR) is 59.6 cm³/mol. The van der Waals surface area contributed by atoms with Gasteiger partial charge in [0, 0.05) is 18.4 Å². The number of rotatable bonds is 2. The van der Waals surface area contributed by atoms with E-state index in [0.717, 1.165) is 12.5 Å². The Hall–Kier alpha value is -0.370. The first-order valence-electron chi connectivity index (χ1n) is 6.60. The summed E-state index contributed by atoms with van der Waals surface area (Å²) in [7, 11) is 0. The minimum atomic E-state index is 0.418. The van der Waals surface area contributed by atoms with Crippen LogP contribution in [0.15, 0.2) is 0 Å². The number of nitrogens with zero attached hydrogens (tertiary/aromatic N) is 1. The van der Waals surface area contributed by atoms with Crippen molar-refractivity contribution in [2.75, 3.05) is 19.6 Å². The molecule has 0 aromatic rings. The number of fused-ring (bicyclic) bond motifs is 2. The molecule has 0 aromatic heterocycles. The van der Waals surface area contributed by atoms with Crippen LogP contribution in [-0.4, -0.2) is 30.3 Å². The average molecular weight is 207 g/mol. The third-order valence-electron chi connectivity index (χ3n) is 4.71. The van der Waals surface area contributed by atoms with Crippen molar-refractivity contribution in [3.63, 3.8) is 0 Å². The van der Waals surface area contributed by atoms with Crippen LogP contribution in [0.2, 0.25) is 0 Å². The van der Waals surface area contributed by atoms with Crippen LogP contribution in [0, 0.1) is 17.8 Å². The molecule has 3 rings (SSSR count). The van der Waals surface area contributed by atoms with E-state index in [2.05, 4.69) is 4.90 Å². The minimum absolute atomic E-state index is 0.418. The van der Waals surface area contributed by atoms with Crippen molar-refractivity contribution in [2.24, 2.45) is 17.8 Å². The fourth-order valence-electron chi connectivity index (χ4n) is 3.83. The lowest BCUT2D eigenvalue weighted by molar-refractivity contribution is -0.126. The summed E-state index contributed by atoms with van der Waals surface area (Å²) < 4.78 is 0. The van der Waals surface area contributed by atoms with Gasteiger partial charge in [-0.1, -0.05) is 6.42 Å². The van der Waals surface area contributed by atoms with Gasteiger partial charge in [-0.25, -0.2) is 0 Å². The maximum Gasteiger partial charge on any atom is 0.140 e.